The number of benzene rings is 1. The normalized spacial score (nSPS) is 25.3. The summed E-state index contributed by atoms with van der Waals surface area (Å²) in [6.07, 6.45) is 5.25. The van der Waals surface area contributed by atoms with Gasteiger partial charge >= 0.3 is 0 Å². The lowest BCUT2D eigenvalue weighted by Crippen LogP contribution is -2.57. The largest absolute Gasteiger partial charge is 0.494 e. The summed E-state index contributed by atoms with van der Waals surface area (Å²) in [5.74, 6) is 1.38. The summed E-state index contributed by atoms with van der Waals surface area (Å²) < 4.78 is 18.6. The Morgan fingerprint density at radius 3 is 2.57 bits per heavy atom. The van der Waals surface area contributed by atoms with Crippen LogP contribution < -0.4 is 4.74 Å². The molecule has 3 fully saturated rings. The smallest absolute Gasteiger partial charge is 0.229 e. The monoisotopic (exact) mass is 390 g/mol. The van der Waals surface area contributed by atoms with Crippen LogP contribution in [0.3, 0.4) is 0 Å². The van der Waals surface area contributed by atoms with Crippen molar-refractivity contribution in [3.8, 4) is 5.75 Å². The number of carbonyl (C=O) groups is 1. The molecular formula is C22H31FN2O3. The van der Waals surface area contributed by atoms with Crippen LogP contribution in [-0.2, 0) is 4.79 Å². The van der Waals surface area contributed by atoms with Gasteiger partial charge in [0.05, 0.1) is 18.1 Å². The van der Waals surface area contributed by atoms with E-state index in [1.165, 1.54) is 25.0 Å². The second-order valence-corrected chi connectivity index (χ2v) is 8.79. The first-order valence-electron chi connectivity index (χ1n) is 10.6. The number of rotatable bonds is 7. The Bertz CT molecular complexity index is 667. The Balaban J connectivity index is 1.22. The molecule has 2 saturated heterocycles. The van der Waals surface area contributed by atoms with E-state index in [0.29, 0.717) is 31.2 Å². The highest BCUT2D eigenvalue weighted by atomic mass is 19.1. The van der Waals surface area contributed by atoms with Crippen LogP contribution in [0.15, 0.2) is 24.3 Å². The molecule has 2 aliphatic heterocycles. The lowest BCUT2D eigenvalue weighted by Gasteiger charge is -2.48. The van der Waals surface area contributed by atoms with Gasteiger partial charge in [0.1, 0.15) is 11.6 Å². The zero-order valence-electron chi connectivity index (χ0n) is 16.5. The molecular weight excluding hydrogens is 359 g/mol. The van der Waals surface area contributed by atoms with Gasteiger partial charge in [-0.1, -0.05) is 0 Å². The third-order valence-corrected chi connectivity index (χ3v) is 6.49. The van der Waals surface area contributed by atoms with Gasteiger partial charge in [0.15, 0.2) is 0 Å². The number of nitrogens with zero attached hydrogens (tertiary/aromatic N) is 2. The Hall–Kier alpha value is -1.66. The first-order valence-corrected chi connectivity index (χ1v) is 10.6. The highest BCUT2D eigenvalue weighted by molar-refractivity contribution is 5.84. The van der Waals surface area contributed by atoms with Crippen molar-refractivity contribution in [3.05, 3.63) is 30.1 Å². The molecule has 1 saturated carbocycles. The maximum atomic E-state index is 13.1. The van der Waals surface area contributed by atoms with E-state index in [0.717, 1.165) is 45.4 Å². The minimum atomic E-state index is -0.382. The summed E-state index contributed by atoms with van der Waals surface area (Å²) in [6, 6.07) is 6.10. The van der Waals surface area contributed by atoms with Crippen LogP contribution in [0, 0.1) is 17.2 Å². The molecule has 1 aromatic rings. The number of ether oxygens (including phenoxy) is 1. The molecule has 0 aromatic heterocycles. The number of aliphatic hydroxyl groups is 1. The standard InChI is InChI=1S/C22H31FN2O3/c23-18-4-6-20(7-5-18)28-13-1-10-24-11-8-22(9-12-24)14-19(26)16-25(21(22)27)15-17-2-3-17/h4-7,17,19,26H,1-3,8-16H2. The molecule has 154 valence electrons. The fourth-order valence-corrected chi connectivity index (χ4v) is 4.68. The van der Waals surface area contributed by atoms with Crippen molar-refractivity contribution >= 4 is 5.91 Å². The average molecular weight is 390 g/mol. The van der Waals surface area contributed by atoms with Crippen molar-refractivity contribution in [2.75, 3.05) is 39.3 Å². The van der Waals surface area contributed by atoms with E-state index < -0.39 is 0 Å². The molecule has 0 radical (unpaired) electrons. The Labute approximate surface area is 166 Å². The predicted octanol–water partition coefficient (Wildman–Crippen LogP) is 2.68. The van der Waals surface area contributed by atoms with Crippen molar-refractivity contribution in [2.45, 2.75) is 44.6 Å². The summed E-state index contributed by atoms with van der Waals surface area (Å²) >= 11 is 0. The number of carbonyl (C=O) groups excluding carboxylic acids is 1. The van der Waals surface area contributed by atoms with Gasteiger partial charge in [0, 0.05) is 19.6 Å². The minimum absolute atomic E-state index is 0.257. The highest BCUT2D eigenvalue weighted by Gasteiger charge is 2.48. The fraction of sp³-hybridized carbons (Fsp3) is 0.682. The van der Waals surface area contributed by atoms with Crippen LogP contribution in [0.25, 0.3) is 0 Å². The summed E-state index contributed by atoms with van der Waals surface area (Å²) in [5, 5.41) is 10.4. The van der Waals surface area contributed by atoms with Crippen molar-refractivity contribution in [2.24, 2.45) is 11.3 Å². The number of aliphatic hydroxyl groups excluding tert-OH is 1. The number of hydrogen-bond acceptors (Lipinski definition) is 4. The number of amides is 1. The molecule has 1 atom stereocenters. The number of likely N-dealkylation sites (tertiary alicyclic amines) is 2. The van der Waals surface area contributed by atoms with Gasteiger partial charge in [0.2, 0.25) is 5.91 Å². The molecule has 6 heteroatoms. The summed E-state index contributed by atoms with van der Waals surface area (Å²) in [4.78, 5) is 17.4. The molecule has 1 N–H and O–H groups in total. The van der Waals surface area contributed by atoms with Crippen LogP contribution in [0.5, 0.6) is 5.75 Å². The van der Waals surface area contributed by atoms with E-state index in [1.807, 2.05) is 4.90 Å². The van der Waals surface area contributed by atoms with Gasteiger partial charge in [0.25, 0.3) is 0 Å². The van der Waals surface area contributed by atoms with Gasteiger partial charge in [-0.2, -0.15) is 0 Å². The number of β-amino-alcohol motifs (C(OH)–C–C–N with tert-alkyl or cyclic N) is 1. The second kappa shape index (κ2) is 8.37. The SMILES string of the molecule is O=C1N(CC2CC2)CC(O)CC12CCN(CCCOc1ccc(F)cc1)CC2. The lowest BCUT2D eigenvalue weighted by molar-refractivity contribution is -0.156. The number of piperidine rings is 2. The van der Waals surface area contributed by atoms with Crippen LogP contribution in [0.2, 0.25) is 0 Å². The molecule has 1 aromatic carbocycles. The number of halogens is 1. The molecule has 28 heavy (non-hydrogen) atoms. The molecule has 1 spiro atoms. The predicted molar refractivity (Wildman–Crippen MR) is 105 cm³/mol. The van der Waals surface area contributed by atoms with E-state index in [2.05, 4.69) is 4.90 Å². The van der Waals surface area contributed by atoms with Crippen LogP contribution >= 0.6 is 0 Å². The van der Waals surface area contributed by atoms with Crippen LogP contribution in [-0.4, -0.2) is 66.2 Å². The molecule has 1 aliphatic carbocycles. The highest BCUT2D eigenvalue weighted by Crippen LogP contribution is 2.42. The maximum absolute atomic E-state index is 13.1. The Morgan fingerprint density at radius 1 is 1.18 bits per heavy atom. The molecule has 0 bridgehead atoms. The Kier molecular flexibility index (Phi) is 5.88. The summed E-state index contributed by atoms with van der Waals surface area (Å²) in [6.45, 7) is 4.67. The van der Waals surface area contributed by atoms with Crippen LogP contribution in [0.4, 0.5) is 4.39 Å². The third kappa shape index (κ3) is 4.66. The zero-order chi connectivity index (χ0) is 19.6. The molecule has 1 unspecified atom stereocenters. The van der Waals surface area contributed by atoms with E-state index >= 15 is 0 Å². The fourth-order valence-electron chi connectivity index (χ4n) is 4.68. The van der Waals surface area contributed by atoms with E-state index in [9.17, 15) is 14.3 Å². The van der Waals surface area contributed by atoms with Gasteiger partial charge in [-0.15, -0.1) is 0 Å². The van der Waals surface area contributed by atoms with Gasteiger partial charge < -0.3 is 19.6 Å². The summed E-state index contributed by atoms with van der Waals surface area (Å²) in [5.41, 5.74) is -0.354. The first kappa shape index (κ1) is 19.6. The quantitative estimate of drug-likeness (QED) is 0.728. The molecule has 4 rings (SSSR count). The molecule has 3 aliphatic rings. The van der Waals surface area contributed by atoms with Gasteiger partial charge in [-0.3, -0.25) is 4.79 Å². The average Bonchev–Trinajstić information content (AvgIpc) is 3.50. The molecule has 5 nitrogen and oxygen atoms in total. The molecule has 1 amide bonds. The minimum Gasteiger partial charge on any atom is -0.494 e. The molecule has 2 heterocycles. The van der Waals surface area contributed by atoms with E-state index in [4.69, 9.17) is 4.74 Å². The van der Waals surface area contributed by atoms with Crippen molar-refractivity contribution in [3.63, 3.8) is 0 Å². The van der Waals surface area contributed by atoms with Crippen molar-refractivity contribution in [1.82, 2.24) is 9.80 Å². The zero-order valence-corrected chi connectivity index (χ0v) is 16.5. The first-order chi connectivity index (χ1) is 13.5. The second-order valence-electron chi connectivity index (χ2n) is 8.79. The third-order valence-electron chi connectivity index (χ3n) is 6.49. The van der Waals surface area contributed by atoms with E-state index in [-0.39, 0.29) is 23.2 Å². The van der Waals surface area contributed by atoms with Crippen molar-refractivity contribution in [1.29, 1.82) is 0 Å². The maximum Gasteiger partial charge on any atom is 0.229 e. The van der Waals surface area contributed by atoms with Crippen LogP contribution in [0.1, 0.15) is 38.5 Å². The Morgan fingerprint density at radius 2 is 1.89 bits per heavy atom. The van der Waals surface area contributed by atoms with Crippen molar-refractivity contribution < 1.29 is 19.0 Å². The summed E-state index contributed by atoms with van der Waals surface area (Å²) in [7, 11) is 0. The lowest BCUT2D eigenvalue weighted by atomic mass is 9.70. The van der Waals surface area contributed by atoms with E-state index in [1.54, 1.807) is 12.1 Å². The van der Waals surface area contributed by atoms with Gasteiger partial charge in [-0.05, 0) is 81.8 Å². The number of hydrogen-bond donors (Lipinski definition) is 1. The van der Waals surface area contributed by atoms with Gasteiger partial charge in [-0.25, -0.2) is 4.39 Å². The topological polar surface area (TPSA) is 53.0 Å².